The molecule has 0 radical (unpaired) electrons. The highest BCUT2D eigenvalue weighted by molar-refractivity contribution is 7.20. The molecule has 2 aromatic heterocycles. The van der Waals surface area contributed by atoms with Gasteiger partial charge in [-0.2, -0.15) is 5.10 Å². The summed E-state index contributed by atoms with van der Waals surface area (Å²) in [6.45, 7) is 2.49. The third-order valence-electron chi connectivity index (χ3n) is 4.71. The Labute approximate surface area is 147 Å². The number of nitrogens with one attached hydrogen (secondary N) is 1. The van der Waals surface area contributed by atoms with Crippen molar-refractivity contribution in [3.63, 3.8) is 0 Å². The molecule has 3 rings (SSSR count). The van der Waals surface area contributed by atoms with E-state index >= 15 is 0 Å². The molecule has 0 spiro atoms. The molecule has 5 nitrogen and oxygen atoms in total. The Morgan fingerprint density at radius 2 is 2.17 bits per heavy atom. The fourth-order valence-electron chi connectivity index (χ4n) is 3.46. The van der Waals surface area contributed by atoms with Gasteiger partial charge in [0.25, 0.3) is 5.91 Å². The van der Waals surface area contributed by atoms with Gasteiger partial charge < -0.3 is 11.1 Å². The Bertz CT molecular complexity index is 640. The Kier molecular flexibility index (Phi) is 6.06. The van der Waals surface area contributed by atoms with Gasteiger partial charge in [0.15, 0.2) is 0 Å². The highest BCUT2D eigenvalue weighted by Gasteiger charge is 2.25. The number of hydrogen-bond acceptors (Lipinski definition) is 4. The molecular weight excluding hydrogens is 332 g/mol. The summed E-state index contributed by atoms with van der Waals surface area (Å²) in [4.78, 5) is 14.4. The first-order chi connectivity index (χ1) is 10.6. The molecule has 1 atom stereocenters. The van der Waals surface area contributed by atoms with Crippen LogP contribution in [0, 0.1) is 12.8 Å². The Morgan fingerprint density at radius 3 is 2.78 bits per heavy atom. The van der Waals surface area contributed by atoms with E-state index in [2.05, 4.69) is 10.4 Å². The first-order valence-electron chi connectivity index (χ1n) is 8.04. The molecule has 23 heavy (non-hydrogen) atoms. The zero-order chi connectivity index (χ0) is 15.7. The van der Waals surface area contributed by atoms with Crippen molar-refractivity contribution < 1.29 is 4.79 Å². The minimum Gasteiger partial charge on any atom is -0.347 e. The van der Waals surface area contributed by atoms with Crippen LogP contribution in [0.1, 0.15) is 47.5 Å². The minimum absolute atomic E-state index is 0. The molecule has 128 valence electrons. The van der Waals surface area contributed by atoms with Crippen LogP contribution in [-0.4, -0.2) is 28.3 Å². The second-order valence-electron chi connectivity index (χ2n) is 6.25. The highest BCUT2D eigenvalue weighted by atomic mass is 35.5. The summed E-state index contributed by atoms with van der Waals surface area (Å²) in [5, 5.41) is 8.60. The van der Waals surface area contributed by atoms with Crippen molar-refractivity contribution in [1.82, 2.24) is 15.1 Å². The van der Waals surface area contributed by atoms with E-state index in [9.17, 15) is 4.79 Å². The lowest BCUT2D eigenvalue weighted by molar-refractivity contribution is 0.0920. The number of fused-ring (bicyclic) bond motifs is 1. The number of carbonyl (C=O) groups excluding carboxylic acids is 1. The van der Waals surface area contributed by atoms with Crippen LogP contribution in [0.2, 0.25) is 0 Å². The molecule has 3 N–H and O–H groups in total. The molecule has 1 unspecified atom stereocenters. The molecule has 1 amide bonds. The summed E-state index contributed by atoms with van der Waals surface area (Å²) in [7, 11) is 1.91. The molecule has 2 aromatic rings. The predicted molar refractivity (Wildman–Crippen MR) is 97.5 cm³/mol. The lowest BCUT2D eigenvalue weighted by Gasteiger charge is -2.29. The Morgan fingerprint density at radius 1 is 1.48 bits per heavy atom. The van der Waals surface area contributed by atoms with Gasteiger partial charge >= 0.3 is 0 Å². The molecule has 1 aliphatic rings. The number of rotatable bonds is 4. The maximum atomic E-state index is 12.6. The number of carbonyl (C=O) groups is 1. The highest BCUT2D eigenvalue weighted by Crippen LogP contribution is 2.29. The van der Waals surface area contributed by atoms with Crippen molar-refractivity contribution in [2.45, 2.75) is 45.1 Å². The zero-order valence-electron chi connectivity index (χ0n) is 13.7. The number of aromatic nitrogens is 2. The maximum absolute atomic E-state index is 12.6. The number of hydrogen-bond donors (Lipinski definition) is 2. The van der Waals surface area contributed by atoms with Crippen molar-refractivity contribution in [2.75, 3.05) is 6.54 Å². The van der Waals surface area contributed by atoms with Gasteiger partial charge in [0.2, 0.25) is 0 Å². The fourth-order valence-corrected chi connectivity index (χ4v) is 4.49. The van der Waals surface area contributed by atoms with E-state index in [0.717, 1.165) is 20.8 Å². The van der Waals surface area contributed by atoms with Crippen LogP contribution in [-0.2, 0) is 7.05 Å². The van der Waals surface area contributed by atoms with Crippen molar-refractivity contribution in [1.29, 1.82) is 0 Å². The fraction of sp³-hybridized carbons (Fsp3) is 0.625. The largest absolute Gasteiger partial charge is 0.347 e. The SMILES string of the molecule is Cc1nn(C)c2sc(C(=O)NC(CN)C3CCCCC3)cc12.Cl. The smallest absolute Gasteiger partial charge is 0.261 e. The van der Waals surface area contributed by atoms with Crippen LogP contribution < -0.4 is 11.1 Å². The van der Waals surface area contributed by atoms with E-state index in [1.807, 2.05) is 24.7 Å². The van der Waals surface area contributed by atoms with Gasteiger partial charge in [0.05, 0.1) is 10.6 Å². The van der Waals surface area contributed by atoms with Crippen molar-refractivity contribution >= 4 is 39.9 Å². The summed E-state index contributed by atoms with van der Waals surface area (Å²) in [6, 6.07) is 2.05. The summed E-state index contributed by atoms with van der Waals surface area (Å²) in [5.41, 5.74) is 6.88. The van der Waals surface area contributed by atoms with Crippen LogP contribution in [0.4, 0.5) is 0 Å². The number of nitrogens with zero attached hydrogens (tertiary/aromatic N) is 2. The minimum atomic E-state index is 0. The molecule has 1 aliphatic carbocycles. The summed E-state index contributed by atoms with van der Waals surface area (Å²) < 4.78 is 1.84. The maximum Gasteiger partial charge on any atom is 0.261 e. The molecule has 1 fully saturated rings. The van der Waals surface area contributed by atoms with E-state index in [-0.39, 0.29) is 24.4 Å². The molecule has 2 heterocycles. The van der Waals surface area contributed by atoms with Crippen LogP contribution in [0.5, 0.6) is 0 Å². The Balaban J connectivity index is 0.00000192. The van der Waals surface area contributed by atoms with Crippen molar-refractivity contribution in [3.8, 4) is 0 Å². The van der Waals surface area contributed by atoms with E-state index < -0.39 is 0 Å². The Hall–Kier alpha value is -1.11. The topological polar surface area (TPSA) is 72.9 Å². The van der Waals surface area contributed by atoms with Gasteiger partial charge in [-0.25, -0.2) is 0 Å². The van der Waals surface area contributed by atoms with Gasteiger partial charge in [-0.05, 0) is 31.7 Å². The molecule has 0 saturated heterocycles. The normalized spacial score (nSPS) is 17.0. The number of aryl methyl sites for hydroxylation is 2. The van der Waals surface area contributed by atoms with E-state index in [0.29, 0.717) is 12.5 Å². The van der Waals surface area contributed by atoms with Gasteiger partial charge in [-0.15, -0.1) is 23.7 Å². The number of thiophene rings is 1. The molecule has 7 heteroatoms. The average Bonchev–Trinajstić information content (AvgIpc) is 3.08. The van der Waals surface area contributed by atoms with Crippen molar-refractivity contribution in [2.24, 2.45) is 18.7 Å². The molecule has 0 aromatic carbocycles. The third-order valence-corrected chi connectivity index (χ3v) is 5.91. The molecular formula is C16H25ClN4OS. The van der Waals surface area contributed by atoms with Gasteiger partial charge in [0, 0.05) is 25.0 Å². The number of halogens is 1. The summed E-state index contributed by atoms with van der Waals surface area (Å²) in [6.07, 6.45) is 6.18. The molecule has 1 saturated carbocycles. The lowest BCUT2D eigenvalue weighted by Crippen LogP contribution is -2.45. The summed E-state index contributed by atoms with van der Waals surface area (Å²) >= 11 is 1.50. The molecule has 0 aliphatic heterocycles. The summed E-state index contributed by atoms with van der Waals surface area (Å²) in [5.74, 6) is 0.530. The van der Waals surface area contributed by atoms with Crippen LogP contribution in [0.15, 0.2) is 6.07 Å². The van der Waals surface area contributed by atoms with E-state index in [1.165, 1.54) is 43.4 Å². The lowest BCUT2D eigenvalue weighted by atomic mass is 9.84. The number of nitrogens with two attached hydrogens (primary N) is 1. The van der Waals surface area contributed by atoms with Crippen LogP contribution in [0.25, 0.3) is 10.2 Å². The van der Waals surface area contributed by atoms with E-state index in [1.54, 1.807) is 0 Å². The first-order valence-corrected chi connectivity index (χ1v) is 8.86. The predicted octanol–water partition coefficient (Wildman–Crippen LogP) is 3.00. The van der Waals surface area contributed by atoms with Gasteiger partial charge in [0.1, 0.15) is 4.83 Å². The zero-order valence-corrected chi connectivity index (χ0v) is 15.3. The second-order valence-corrected chi connectivity index (χ2v) is 7.28. The van der Waals surface area contributed by atoms with Gasteiger partial charge in [-0.1, -0.05) is 19.3 Å². The third kappa shape index (κ3) is 3.70. The first kappa shape index (κ1) is 18.2. The second kappa shape index (κ2) is 7.64. The van der Waals surface area contributed by atoms with Gasteiger partial charge in [-0.3, -0.25) is 9.48 Å². The molecule has 0 bridgehead atoms. The number of amides is 1. The van der Waals surface area contributed by atoms with E-state index in [4.69, 9.17) is 5.73 Å². The standard InChI is InChI=1S/C16H24N4OS.ClH/c1-10-12-8-14(22-16(12)20(2)19-10)15(21)18-13(9-17)11-6-4-3-5-7-11;/h8,11,13H,3-7,9,17H2,1-2H3,(H,18,21);1H. The average molecular weight is 357 g/mol. The van der Waals surface area contributed by atoms with Crippen LogP contribution in [0.3, 0.4) is 0 Å². The monoisotopic (exact) mass is 356 g/mol. The van der Waals surface area contributed by atoms with Crippen LogP contribution >= 0.6 is 23.7 Å². The quantitative estimate of drug-likeness (QED) is 0.884. The van der Waals surface area contributed by atoms with Crippen molar-refractivity contribution in [3.05, 3.63) is 16.6 Å².